The van der Waals surface area contributed by atoms with Crippen molar-refractivity contribution in [2.24, 2.45) is 0 Å². The van der Waals surface area contributed by atoms with Crippen LogP contribution in [0, 0.1) is 0 Å². The summed E-state index contributed by atoms with van der Waals surface area (Å²) < 4.78 is 0. The van der Waals surface area contributed by atoms with Crippen LogP contribution in [0.15, 0.2) is 0 Å². The molecule has 0 aliphatic rings. The molecule has 0 rings (SSSR count). The van der Waals surface area contributed by atoms with Gasteiger partial charge < -0.3 is 0 Å². The molecule has 0 aliphatic carbocycles. The van der Waals surface area contributed by atoms with Crippen molar-refractivity contribution in [3.63, 3.8) is 0 Å². The van der Waals surface area contributed by atoms with Crippen molar-refractivity contribution in [1.29, 1.82) is 0 Å². The Kier molecular flexibility index (Phi) is 26.3. The van der Waals surface area contributed by atoms with E-state index in [1.54, 1.807) is 0 Å². The van der Waals surface area contributed by atoms with Crippen molar-refractivity contribution in [3.8, 4) is 0 Å². The van der Waals surface area contributed by atoms with Crippen LogP contribution in [-0.4, -0.2) is 12.3 Å². The predicted octanol–water partition coefficient (Wildman–Crippen LogP) is 6.33. The standard InChI is InChI=1S/2C5H12BrP/c2*1-2-3-4-5-7-6/h2*7H,2-5H2,1H3. The van der Waals surface area contributed by atoms with E-state index >= 15 is 0 Å². The molecule has 88 valence electrons. The van der Waals surface area contributed by atoms with E-state index in [1.807, 2.05) is 0 Å². The zero-order valence-electron chi connectivity index (χ0n) is 9.41. The average Bonchev–Trinajstić information content (AvgIpc) is 2.21. The van der Waals surface area contributed by atoms with Gasteiger partial charge >= 0.3 is 0 Å². The van der Waals surface area contributed by atoms with Crippen LogP contribution in [0.5, 0.6) is 0 Å². The van der Waals surface area contributed by atoms with Gasteiger partial charge in [-0.25, -0.2) is 0 Å². The molecule has 0 N–H and O–H groups in total. The fourth-order valence-corrected chi connectivity index (χ4v) is 3.33. The molecule has 0 radical (unpaired) electrons. The fourth-order valence-electron chi connectivity index (χ4n) is 0.884. The summed E-state index contributed by atoms with van der Waals surface area (Å²) in [6.07, 6.45) is 11.0. The summed E-state index contributed by atoms with van der Waals surface area (Å²) in [5, 5.41) is 0. The van der Waals surface area contributed by atoms with Crippen LogP contribution in [0.25, 0.3) is 0 Å². The van der Waals surface area contributed by atoms with Crippen LogP contribution in [0.4, 0.5) is 0 Å². The normalized spacial score (nSPS) is 11.1. The second kappa shape index (κ2) is 20.3. The van der Waals surface area contributed by atoms with Gasteiger partial charge in [-0.2, -0.15) is 0 Å². The van der Waals surface area contributed by atoms with Crippen molar-refractivity contribution >= 4 is 45.5 Å². The summed E-state index contributed by atoms with van der Waals surface area (Å²) in [4.78, 5) is 0. The second-order valence-electron chi connectivity index (χ2n) is 3.18. The van der Waals surface area contributed by atoms with Gasteiger partial charge in [0.25, 0.3) is 0 Å². The van der Waals surface area contributed by atoms with Gasteiger partial charge in [-0.1, -0.05) is 85.1 Å². The molecule has 0 nitrogen and oxygen atoms in total. The highest BCUT2D eigenvalue weighted by Gasteiger charge is 1.81. The molecule has 0 aliphatic heterocycles. The molecule has 4 heteroatoms. The van der Waals surface area contributed by atoms with Gasteiger partial charge in [0.1, 0.15) is 0 Å². The Morgan fingerprint density at radius 1 is 0.714 bits per heavy atom. The molecule has 0 aromatic rings. The van der Waals surface area contributed by atoms with Gasteiger partial charge in [-0.3, -0.25) is 0 Å². The van der Waals surface area contributed by atoms with Crippen LogP contribution in [0.3, 0.4) is 0 Å². The quantitative estimate of drug-likeness (QED) is 0.348. The number of unbranched alkanes of at least 4 members (excludes halogenated alkanes) is 4. The zero-order valence-corrected chi connectivity index (χ0v) is 14.6. The molecule has 0 amide bonds. The molecule has 0 bridgehead atoms. The molecular formula is C10H24Br2P2. The van der Waals surface area contributed by atoms with Gasteiger partial charge in [0.05, 0.1) is 0 Å². The fraction of sp³-hybridized carbons (Fsp3) is 1.00. The molecule has 0 heterocycles. The SMILES string of the molecule is CCCCCPBr.CCCCCPBr. The lowest BCUT2D eigenvalue weighted by molar-refractivity contribution is 0.778. The van der Waals surface area contributed by atoms with Gasteiger partial charge in [-0.15, -0.1) is 0 Å². The van der Waals surface area contributed by atoms with E-state index in [9.17, 15) is 0 Å². The van der Waals surface area contributed by atoms with Crippen LogP contribution in [-0.2, 0) is 0 Å². The number of hydrogen-bond acceptors (Lipinski definition) is 0. The first-order valence-corrected chi connectivity index (χ1v) is 12.4. The first kappa shape index (κ1) is 18.2. The Balaban J connectivity index is 0. The Labute approximate surface area is 110 Å². The van der Waals surface area contributed by atoms with Gasteiger partial charge in [0.2, 0.25) is 0 Å². The first-order valence-electron chi connectivity index (χ1n) is 5.50. The predicted molar refractivity (Wildman–Crippen MR) is 83.3 cm³/mol. The van der Waals surface area contributed by atoms with E-state index in [-0.39, 0.29) is 0 Å². The van der Waals surface area contributed by atoms with E-state index < -0.39 is 0 Å². The number of rotatable bonds is 8. The topological polar surface area (TPSA) is 0 Å². The van der Waals surface area contributed by atoms with Gasteiger partial charge in [-0.05, 0) is 25.2 Å². The second-order valence-corrected chi connectivity index (χ2v) is 8.08. The van der Waals surface area contributed by atoms with E-state index in [4.69, 9.17) is 0 Å². The van der Waals surface area contributed by atoms with E-state index in [0.29, 0.717) is 0 Å². The molecule has 0 saturated carbocycles. The molecule has 0 aromatic carbocycles. The summed E-state index contributed by atoms with van der Waals surface area (Å²) in [5.74, 6) is 0. The Hall–Kier alpha value is 1.82. The third-order valence-electron chi connectivity index (χ3n) is 1.75. The summed E-state index contributed by atoms with van der Waals surface area (Å²) >= 11 is 6.81. The molecule has 0 saturated heterocycles. The molecule has 14 heavy (non-hydrogen) atoms. The highest BCUT2D eigenvalue weighted by atomic mass is 79.9. The molecule has 2 atom stereocenters. The molecular weight excluding hydrogens is 342 g/mol. The van der Waals surface area contributed by atoms with Crippen molar-refractivity contribution in [2.75, 3.05) is 12.3 Å². The molecule has 0 fully saturated rings. The Bertz CT molecular complexity index is 64.5. The minimum Gasteiger partial charge on any atom is -0.0654 e. The van der Waals surface area contributed by atoms with Crippen molar-refractivity contribution in [2.45, 2.75) is 52.4 Å². The maximum absolute atomic E-state index is 3.41. The summed E-state index contributed by atoms with van der Waals surface area (Å²) in [6, 6.07) is 0. The first-order chi connectivity index (χ1) is 6.83. The van der Waals surface area contributed by atoms with Crippen LogP contribution < -0.4 is 0 Å². The lowest BCUT2D eigenvalue weighted by Crippen LogP contribution is -1.71. The van der Waals surface area contributed by atoms with Gasteiger partial charge in [0, 0.05) is 0 Å². The lowest BCUT2D eigenvalue weighted by atomic mass is 10.3. The largest absolute Gasteiger partial charge is 0.0654 e. The van der Waals surface area contributed by atoms with E-state index in [2.05, 4.69) is 44.8 Å². The maximum atomic E-state index is 3.41. The smallest absolute Gasteiger partial charge is 0.0255 e. The Morgan fingerprint density at radius 2 is 1.07 bits per heavy atom. The molecule has 0 aromatic heterocycles. The Morgan fingerprint density at radius 3 is 1.29 bits per heavy atom. The minimum atomic E-state index is 0.980. The summed E-state index contributed by atoms with van der Waals surface area (Å²) in [7, 11) is 1.96. The minimum absolute atomic E-state index is 0.980. The highest BCUT2D eigenvalue weighted by Crippen LogP contribution is 2.21. The third kappa shape index (κ3) is 23.6. The maximum Gasteiger partial charge on any atom is -0.0255 e. The van der Waals surface area contributed by atoms with Crippen LogP contribution in [0.2, 0.25) is 0 Å². The average molecular weight is 366 g/mol. The highest BCUT2D eigenvalue weighted by molar-refractivity contribution is 9.37. The van der Waals surface area contributed by atoms with Crippen molar-refractivity contribution < 1.29 is 0 Å². The molecule has 2 unspecified atom stereocenters. The van der Waals surface area contributed by atoms with E-state index in [0.717, 1.165) is 14.6 Å². The zero-order chi connectivity index (χ0) is 11.1. The summed E-state index contributed by atoms with van der Waals surface area (Å²) in [6.45, 7) is 4.47. The lowest BCUT2D eigenvalue weighted by Gasteiger charge is -1.89. The van der Waals surface area contributed by atoms with Crippen LogP contribution >= 0.6 is 45.5 Å². The molecule has 0 spiro atoms. The van der Waals surface area contributed by atoms with Crippen molar-refractivity contribution in [3.05, 3.63) is 0 Å². The monoisotopic (exact) mass is 364 g/mol. The number of hydrogen-bond donors (Lipinski definition) is 0. The number of halogens is 2. The third-order valence-corrected chi connectivity index (χ3v) is 5.21. The van der Waals surface area contributed by atoms with Crippen LogP contribution in [0.1, 0.15) is 52.4 Å². The van der Waals surface area contributed by atoms with Crippen molar-refractivity contribution in [1.82, 2.24) is 0 Å². The van der Waals surface area contributed by atoms with Gasteiger partial charge in [0.15, 0.2) is 0 Å². The summed E-state index contributed by atoms with van der Waals surface area (Å²) in [5.41, 5.74) is 0. The van der Waals surface area contributed by atoms with E-state index in [1.165, 1.54) is 50.8 Å².